The van der Waals surface area contributed by atoms with Gasteiger partial charge in [-0.3, -0.25) is 14.6 Å². The molecule has 0 saturated carbocycles. The Morgan fingerprint density at radius 1 is 0.778 bits per heavy atom. The summed E-state index contributed by atoms with van der Waals surface area (Å²) in [6.45, 7) is 19.3. The molecular formula is C38H39N5OPt. The second kappa shape index (κ2) is 12.1. The van der Waals surface area contributed by atoms with E-state index in [2.05, 4.69) is 101 Å². The van der Waals surface area contributed by atoms with Crippen molar-refractivity contribution in [3.8, 4) is 28.3 Å². The number of ether oxygens (including phenoxy) is 1. The summed E-state index contributed by atoms with van der Waals surface area (Å²) < 4.78 is 10.5. The smallest absolute Gasteiger partial charge is 0.508 e. The van der Waals surface area contributed by atoms with Crippen LogP contribution in [0.3, 0.4) is 0 Å². The summed E-state index contributed by atoms with van der Waals surface area (Å²) in [7, 11) is 0. The third-order valence-corrected chi connectivity index (χ3v) is 8.55. The number of hydrogen-bond acceptors (Lipinski definition) is 4. The molecule has 6 rings (SSSR count). The van der Waals surface area contributed by atoms with Gasteiger partial charge in [0.25, 0.3) is 0 Å². The average Bonchev–Trinajstić information content (AvgIpc) is 3.46. The minimum Gasteiger partial charge on any atom is -0.508 e. The summed E-state index contributed by atoms with van der Waals surface area (Å²) >= 11 is 0. The minimum absolute atomic E-state index is 0. The van der Waals surface area contributed by atoms with Gasteiger partial charge >= 0.3 is 21.1 Å². The molecule has 45 heavy (non-hydrogen) atoms. The molecule has 0 unspecified atom stereocenters. The first-order valence-corrected chi connectivity index (χ1v) is 15.1. The van der Waals surface area contributed by atoms with E-state index in [9.17, 15) is 0 Å². The van der Waals surface area contributed by atoms with Crippen molar-refractivity contribution in [1.82, 2.24) is 24.1 Å². The predicted molar refractivity (Wildman–Crippen MR) is 176 cm³/mol. The number of aryl methyl sites for hydroxylation is 3. The number of fused-ring (bicyclic) bond motifs is 1. The number of aromatic nitrogens is 5. The molecule has 4 heterocycles. The van der Waals surface area contributed by atoms with E-state index >= 15 is 0 Å². The second-order valence-corrected chi connectivity index (χ2v) is 13.1. The fourth-order valence-corrected chi connectivity index (χ4v) is 5.78. The zero-order valence-electron chi connectivity index (χ0n) is 27.4. The number of hydrogen-bond donors (Lipinski definition) is 0. The Kier molecular flexibility index (Phi) is 8.67. The zero-order valence-corrected chi connectivity index (χ0v) is 29.7. The van der Waals surface area contributed by atoms with Crippen molar-refractivity contribution in [3.05, 3.63) is 125 Å². The first-order chi connectivity index (χ1) is 20.8. The minimum atomic E-state index is -0.491. The molecule has 6 aromatic rings. The molecule has 4 aromatic heterocycles. The maximum Gasteiger partial charge on any atom is 2.00 e. The van der Waals surface area contributed by atoms with Crippen LogP contribution in [0, 0.1) is 39.8 Å². The van der Waals surface area contributed by atoms with Crippen molar-refractivity contribution in [3.63, 3.8) is 0 Å². The van der Waals surface area contributed by atoms with Crippen LogP contribution in [-0.2, 0) is 31.9 Å². The molecule has 2 aromatic carbocycles. The Morgan fingerprint density at radius 2 is 1.51 bits per heavy atom. The van der Waals surface area contributed by atoms with E-state index < -0.39 is 5.41 Å². The molecule has 0 bridgehead atoms. The van der Waals surface area contributed by atoms with E-state index in [1.807, 2.05) is 55.2 Å². The van der Waals surface area contributed by atoms with E-state index in [-0.39, 0.29) is 26.5 Å². The second-order valence-electron chi connectivity index (χ2n) is 13.1. The van der Waals surface area contributed by atoms with Crippen molar-refractivity contribution in [2.45, 2.75) is 73.1 Å². The van der Waals surface area contributed by atoms with Crippen molar-refractivity contribution >= 4 is 5.65 Å². The van der Waals surface area contributed by atoms with Crippen molar-refractivity contribution < 1.29 is 25.8 Å². The summed E-state index contributed by atoms with van der Waals surface area (Å²) in [6.07, 6.45) is 3.86. The number of imidazole rings is 1. The summed E-state index contributed by atoms with van der Waals surface area (Å²) in [5.74, 6) is 1.16. The Labute approximate surface area is 280 Å². The van der Waals surface area contributed by atoms with Crippen LogP contribution in [-0.4, -0.2) is 24.1 Å². The fourth-order valence-electron chi connectivity index (χ4n) is 5.78. The molecule has 232 valence electrons. The topological polar surface area (TPSA) is 57.2 Å². The van der Waals surface area contributed by atoms with Gasteiger partial charge in [-0.1, -0.05) is 71.1 Å². The standard InChI is InChI=1S/C38H39N5O.Pt/c1-24-26(3)42-23-32(22-33(36(42)40-24)38(8,9)34-20-29(18-19-39-34)37(5,6)7)44-31-17-13-16-30(21-31)43-27(4)35(25(2)41-43)28-14-11-10-12-15-28;/h10-20,23H,1-9H3;/q-2;+2. The first kappa shape index (κ1) is 32.4. The molecule has 0 spiro atoms. The Hall–Kier alpha value is -4.02. The SMILES string of the molecule is Cc1nn(-c2[c-]c(Oc3[c-]c(C(C)(C)c4cc(C(C)(C)C)ccn4)c4nc(C)c(C)n4c3)ccc2)c(C)c1-c1ccccc1.[Pt+2]. The zero-order chi connectivity index (χ0) is 31.4. The molecule has 0 aliphatic rings. The quantitative estimate of drug-likeness (QED) is 0.159. The van der Waals surface area contributed by atoms with Crippen LogP contribution in [0.1, 0.15) is 74.2 Å². The summed E-state index contributed by atoms with van der Waals surface area (Å²) in [4.78, 5) is 9.77. The maximum absolute atomic E-state index is 6.50. The molecule has 0 N–H and O–H groups in total. The average molecular weight is 777 g/mol. The molecular weight excluding hydrogens is 738 g/mol. The largest absolute Gasteiger partial charge is 2.00 e. The number of nitrogens with zero attached hydrogens (tertiary/aromatic N) is 5. The van der Waals surface area contributed by atoms with Gasteiger partial charge in [-0.2, -0.15) is 11.2 Å². The molecule has 0 saturated heterocycles. The van der Waals surface area contributed by atoms with Gasteiger partial charge < -0.3 is 9.14 Å². The van der Waals surface area contributed by atoms with Gasteiger partial charge in [0, 0.05) is 57.1 Å². The number of pyridine rings is 2. The number of rotatable bonds is 6. The van der Waals surface area contributed by atoms with E-state index in [4.69, 9.17) is 19.8 Å². The predicted octanol–water partition coefficient (Wildman–Crippen LogP) is 8.83. The molecule has 0 radical (unpaired) electrons. The Balaban J connectivity index is 0.00000400. The van der Waals surface area contributed by atoms with Gasteiger partial charge in [0.2, 0.25) is 0 Å². The van der Waals surface area contributed by atoms with Gasteiger partial charge in [0.15, 0.2) is 0 Å². The van der Waals surface area contributed by atoms with E-state index in [1.54, 1.807) is 0 Å². The number of benzene rings is 2. The van der Waals surface area contributed by atoms with Crippen LogP contribution in [0.15, 0.2) is 73.1 Å². The van der Waals surface area contributed by atoms with Crippen molar-refractivity contribution in [1.29, 1.82) is 0 Å². The fraction of sp³-hybridized carbons (Fsp3) is 0.289. The van der Waals surface area contributed by atoms with Crippen molar-refractivity contribution in [2.75, 3.05) is 0 Å². The summed E-state index contributed by atoms with van der Waals surface area (Å²) in [5, 5.41) is 4.87. The van der Waals surface area contributed by atoms with Gasteiger partial charge in [0.05, 0.1) is 5.69 Å². The van der Waals surface area contributed by atoms with Crippen LogP contribution in [0.2, 0.25) is 0 Å². The Morgan fingerprint density at radius 3 is 2.22 bits per heavy atom. The van der Waals surface area contributed by atoms with E-state index in [0.29, 0.717) is 11.5 Å². The van der Waals surface area contributed by atoms with Crippen LogP contribution >= 0.6 is 0 Å². The Bertz CT molecular complexity index is 2000. The maximum atomic E-state index is 6.50. The van der Waals surface area contributed by atoms with Gasteiger partial charge in [-0.05, 0) is 62.1 Å². The summed E-state index contributed by atoms with van der Waals surface area (Å²) in [5.41, 5.74) is 10.6. The van der Waals surface area contributed by atoms with Gasteiger partial charge in [0.1, 0.15) is 0 Å². The van der Waals surface area contributed by atoms with Gasteiger partial charge in [-0.25, -0.2) is 0 Å². The first-order valence-electron chi connectivity index (χ1n) is 15.1. The van der Waals surface area contributed by atoms with Crippen LogP contribution in [0.4, 0.5) is 0 Å². The van der Waals surface area contributed by atoms with Crippen LogP contribution in [0.25, 0.3) is 22.5 Å². The van der Waals surface area contributed by atoms with Crippen LogP contribution in [0.5, 0.6) is 11.5 Å². The monoisotopic (exact) mass is 776 g/mol. The third kappa shape index (κ3) is 6.01. The molecule has 6 nitrogen and oxygen atoms in total. The van der Waals surface area contributed by atoms with Crippen molar-refractivity contribution in [2.24, 2.45) is 0 Å². The summed E-state index contributed by atoms with van der Waals surface area (Å²) in [6, 6.07) is 27.6. The van der Waals surface area contributed by atoms with Gasteiger partial charge in [-0.15, -0.1) is 29.8 Å². The molecule has 0 fully saturated rings. The molecule has 7 heteroatoms. The molecule has 0 aliphatic carbocycles. The third-order valence-electron chi connectivity index (χ3n) is 8.55. The molecule has 0 aliphatic heterocycles. The normalized spacial score (nSPS) is 11.9. The van der Waals surface area contributed by atoms with E-state index in [1.165, 1.54) is 5.56 Å². The van der Waals surface area contributed by atoms with E-state index in [0.717, 1.165) is 56.5 Å². The molecule has 0 amide bonds. The molecule has 0 atom stereocenters. The van der Waals surface area contributed by atoms with Crippen LogP contribution < -0.4 is 4.74 Å².